The quantitative estimate of drug-likeness (QED) is 0.455. The van der Waals surface area contributed by atoms with Crippen LogP contribution in [0.2, 0.25) is 11.1 Å². The number of ether oxygens (including phenoxy) is 1. The summed E-state index contributed by atoms with van der Waals surface area (Å²) in [6.45, 7) is 11.5. The molecule has 0 saturated carbocycles. The fourth-order valence-electron chi connectivity index (χ4n) is 2.47. The molecule has 2 atom stereocenters. The third-order valence-electron chi connectivity index (χ3n) is 3.55. The molecule has 0 aromatic rings. The van der Waals surface area contributed by atoms with Crippen molar-refractivity contribution in [3.05, 3.63) is 0 Å². The van der Waals surface area contributed by atoms with Crippen molar-refractivity contribution >= 4 is 7.28 Å². The Kier molecular flexibility index (Phi) is 4.70. The summed E-state index contributed by atoms with van der Waals surface area (Å²) >= 11 is 0. The summed E-state index contributed by atoms with van der Waals surface area (Å²) < 4.78 is 5.63. The highest BCUT2D eigenvalue weighted by Gasteiger charge is 2.41. The van der Waals surface area contributed by atoms with Crippen molar-refractivity contribution in [2.24, 2.45) is 0 Å². The van der Waals surface area contributed by atoms with Crippen LogP contribution in [0.4, 0.5) is 0 Å². The van der Waals surface area contributed by atoms with E-state index in [1.165, 1.54) is 25.7 Å². The highest BCUT2D eigenvalue weighted by Crippen LogP contribution is 2.42. The van der Waals surface area contributed by atoms with Gasteiger partial charge < -0.3 is 4.74 Å². The summed E-state index contributed by atoms with van der Waals surface area (Å²) in [5.41, 5.74) is 0. The fourth-order valence-corrected chi connectivity index (χ4v) is 2.47. The van der Waals surface area contributed by atoms with E-state index in [0.717, 1.165) is 5.82 Å². The molecule has 1 aliphatic rings. The second-order valence-electron chi connectivity index (χ2n) is 5.56. The standard InChI is InChI=1S/C13H26BO/c1-6-10(7-2)14-13(4,5)9-12-11(8-3)15-12/h10-12H,6-9H2,1-5H3. The van der Waals surface area contributed by atoms with E-state index in [2.05, 4.69) is 41.9 Å². The number of hydrogen-bond acceptors (Lipinski definition) is 1. The second-order valence-corrected chi connectivity index (χ2v) is 5.56. The summed E-state index contributed by atoms with van der Waals surface area (Å²) in [4.78, 5) is 0. The zero-order valence-corrected chi connectivity index (χ0v) is 11.0. The number of rotatable bonds is 7. The van der Waals surface area contributed by atoms with Gasteiger partial charge in [0.1, 0.15) is 7.28 Å². The van der Waals surface area contributed by atoms with Gasteiger partial charge in [-0.25, -0.2) is 0 Å². The Labute approximate surface area is 96.2 Å². The summed E-state index contributed by atoms with van der Waals surface area (Å²) in [5.74, 6) is 0.777. The van der Waals surface area contributed by atoms with Crippen LogP contribution >= 0.6 is 0 Å². The molecule has 87 valence electrons. The molecule has 1 nitrogen and oxygen atoms in total. The van der Waals surface area contributed by atoms with Crippen molar-refractivity contribution in [3.63, 3.8) is 0 Å². The number of hydrogen-bond donors (Lipinski definition) is 0. The van der Waals surface area contributed by atoms with Gasteiger partial charge in [0.25, 0.3) is 0 Å². The Morgan fingerprint density at radius 1 is 1.13 bits per heavy atom. The van der Waals surface area contributed by atoms with Gasteiger partial charge in [-0.3, -0.25) is 0 Å². The lowest BCUT2D eigenvalue weighted by Crippen LogP contribution is -2.20. The lowest BCUT2D eigenvalue weighted by Gasteiger charge is -2.27. The van der Waals surface area contributed by atoms with Crippen LogP contribution in [0.25, 0.3) is 0 Å². The van der Waals surface area contributed by atoms with Crippen LogP contribution in [-0.2, 0) is 4.74 Å². The van der Waals surface area contributed by atoms with E-state index in [0.29, 0.717) is 17.5 Å². The average Bonchev–Trinajstić information content (AvgIpc) is 2.92. The molecule has 2 heteroatoms. The third kappa shape index (κ3) is 4.18. The molecule has 1 radical (unpaired) electrons. The van der Waals surface area contributed by atoms with Crippen molar-refractivity contribution < 1.29 is 4.74 Å². The zero-order chi connectivity index (χ0) is 11.5. The molecule has 1 saturated heterocycles. The van der Waals surface area contributed by atoms with E-state index in [9.17, 15) is 0 Å². The Morgan fingerprint density at radius 2 is 1.73 bits per heavy atom. The van der Waals surface area contributed by atoms with Gasteiger partial charge in [-0.1, -0.05) is 58.6 Å². The average molecular weight is 209 g/mol. The first-order valence-electron chi connectivity index (χ1n) is 6.53. The minimum atomic E-state index is 0.339. The Bertz CT molecular complexity index is 187. The summed E-state index contributed by atoms with van der Waals surface area (Å²) in [6, 6.07) is 0. The Morgan fingerprint density at radius 3 is 2.13 bits per heavy atom. The van der Waals surface area contributed by atoms with Crippen LogP contribution in [0, 0.1) is 0 Å². The van der Waals surface area contributed by atoms with Gasteiger partial charge >= 0.3 is 0 Å². The van der Waals surface area contributed by atoms with Gasteiger partial charge in [-0.05, 0) is 12.8 Å². The molecule has 1 fully saturated rings. The van der Waals surface area contributed by atoms with Gasteiger partial charge in [0.05, 0.1) is 12.2 Å². The van der Waals surface area contributed by atoms with Crippen LogP contribution < -0.4 is 0 Å². The molecular weight excluding hydrogens is 183 g/mol. The first-order valence-corrected chi connectivity index (χ1v) is 6.53. The maximum absolute atomic E-state index is 5.63. The molecular formula is C13H26BO. The van der Waals surface area contributed by atoms with Crippen molar-refractivity contribution in [3.8, 4) is 0 Å². The van der Waals surface area contributed by atoms with E-state index in [-0.39, 0.29) is 0 Å². The Hall–Kier alpha value is 0.0249. The van der Waals surface area contributed by atoms with Gasteiger partial charge in [0.2, 0.25) is 0 Å². The van der Waals surface area contributed by atoms with Crippen LogP contribution in [0.15, 0.2) is 0 Å². The molecule has 0 N–H and O–H groups in total. The minimum absolute atomic E-state index is 0.339. The van der Waals surface area contributed by atoms with Crippen LogP contribution in [0.3, 0.4) is 0 Å². The molecule has 0 aliphatic carbocycles. The van der Waals surface area contributed by atoms with E-state index < -0.39 is 0 Å². The summed E-state index contributed by atoms with van der Waals surface area (Å²) in [5, 5.41) is 0.339. The molecule has 2 unspecified atom stereocenters. The molecule has 15 heavy (non-hydrogen) atoms. The fraction of sp³-hybridized carbons (Fsp3) is 1.00. The van der Waals surface area contributed by atoms with Gasteiger partial charge in [0.15, 0.2) is 0 Å². The van der Waals surface area contributed by atoms with E-state index in [4.69, 9.17) is 4.74 Å². The molecule has 0 amide bonds. The SMILES string of the molecule is CCC([B]C(C)(C)CC1OC1CC)CC. The molecule has 0 aromatic heterocycles. The second kappa shape index (κ2) is 5.38. The van der Waals surface area contributed by atoms with E-state index >= 15 is 0 Å². The summed E-state index contributed by atoms with van der Waals surface area (Å²) in [7, 11) is 2.54. The topological polar surface area (TPSA) is 12.5 Å². The lowest BCUT2D eigenvalue weighted by molar-refractivity contribution is 0.346. The molecule has 0 bridgehead atoms. The van der Waals surface area contributed by atoms with Crippen LogP contribution in [0.5, 0.6) is 0 Å². The van der Waals surface area contributed by atoms with Crippen molar-refractivity contribution in [2.45, 2.75) is 83.6 Å². The summed E-state index contributed by atoms with van der Waals surface area (Å²) in [6.07, 6.45) is 5.99. The van der Waals surface area contributed by atoms with Gasteiger partial charge in [0, 0.05) is 0 Å². The smallest absolute Gasteiger partial charge is 0.121 e. The minimum Gasteiger partial charge on any atom is -0.370 e. The van der Waals surface area contributed by atoms with Gasteiger partial charge in [-0.2, -0.15) is 0 Å². The highest BCUT2D eigenvalue weighted by molar-refractivity contribution is 6.41. The van der Waals surface area contributed by atoms with Crippen molar-refractivity contribution in [2.75, 3.05) is 0 Å². The predicted octanol–water partition coefficient (Wildman–Crippen LogP) is 4.07. The lowest BCUT2D eigenvalue weighted by atomic mass is 9.44. The van der Waals surface area contributed by atoms with Crippen molar-refractivity contribution in [1.29, 1.82) is 0 Å². The largest absolute Gasteiger partial charge is 0.370 e. The highest BCUT2D eigenvalue weighted by atomic mass is 16.6. The van der Waals surface area contributed by atoms with Crippen molar-refractivity contribution in [1.82, 2.24) is 0 Å². The van der Waals surface area contributed by atoms with Crippen LogP contribution in [-0.4, -0.2) is 19.5 Å². The predicted molar refractivity (Wildman–Crippen MR) is 67.7 cm³/mol. The normalized spacial score (nSPS) is 25.7. The maximum atomic E-state index is 5.63. The molecule has 1 rings (SSSR count). The number of epoxide rings is 1. The first kappa shape index (κ1) is 13.1. The van der Waals surface area contributed by atoms with E-state index in [1.807, 2.05) is 0 Å². The molecule has 0 aromatic carbocycles. The Balaban J connectivity index is 2.31. The maximum Gasteiger partial charge on any atom is 0.121 e. The zero-order valence-electron chi connectivity index (χ0n) is 11.0. The molecule has 1 aliphatic heterocycles. The molecule has 0 spiro atoms. The monoisotopic (exact) mass is 209 g/mol. The molecule has 1 heterocycles. The van der Waals surface area contributed by atoms with E-state index in [1.54, 1.807) is 0 Å². The third-order valence-corrected chi connectivity index (χ3v) is 3.55. The first-order chi connectivity index (χ1) is 7.02. The van der Waals surface area contributed by atoms with Crippen LogP contribution in [0.1, 0.15) is 60.3 Å². The van der Waals surface area contributed by atoms with Gasteiger partial charge in [-0.15, -0.1) is 0 Å².